The molecular formula is C16H20ClN3. The monoisotopic (exact) mass is 289 g/mol. The van der Waals surface area contributed by atoms with Crippen molar-refractivity contribution < 1.29 is 0 Å². The van der Waals surface area contributed by atoms with Crippen LogP contribution in [0.4, 0.5) is 0 Å². The number of hydrogen-bond acceptors (Lipinski definition) is 2. The van der Waals surface area contributed by atoms with Crippen LogP contribution in [0.25, 0.3) is 5.69 Å². The minimum Gasteiger partial charge on any atom is -0.310 e. The lowest BCUT2D eigenvalue weighted by molar-refractivity contribution is 0.456. The molecule has 1 heterocycles. The molecule has 0 spiro atoms. The molecule has 1 aromatic carbocycles. The predicted molar refractivity (Wildman–Crippen MR) is 82.5 cm³/mol. The van der Waals surface area contributed by atoms with E-state index in [1.807, 2.05) is 35.1 Å². The van der Waals surface area contributed by atoms with Crippen molar-refractivity contribution in [2.24, 2.45) is 0 Å². The zero-order valence-corrected chi connectivity index (χ0v) is 12.5. The predicted octanol–water partition coefficient (Wildman–Crippen LogP) is 3.90. The standard InChI is InChI=1S/C16H20ClN3/c1-2-10-18-14-7-5-9-15-12(14)11-19-20(15)16-8-4-3-6-13(16)17/h3-4,6,8,11,14,18H,2,5,7,9-10H2,1H3. The quantitative estimate of drug-likeness (QED) is 0.925. The molecule has 1 aromatic heterocycles. The van der Waals surface area contributed by atoms with Crippen molar-refractivity contribution in [1.82, 2.24) is 15.1 Å². The molecule has 20 heavy (non-hydrogen) atoms. The van der Waals surface area contributed by atoms with Crippen LogP contribution in [0.15, 0.2) is 30.5 Å². The summed E-state index contributed by atoms with van der Waals surface area (Å²) in [7, 11) is 0. The molecule has 1 aliphatic carbocycles. The molecule has 0 radical (unpaired) electrons. The summed E-state index contributed by atoms with van der Waals surface area (Å²) < 4.78 is 2.01. The van der Waals surface area contributed by atoms with E-state index in [0.717, 1.165) is 30.1 Å². The van der Waals surface area contributed by atoms with Gasteiger partial charge in [0.25, 0.3) is 0 Å². The lowest BCUT2D eigenvalue weighted by atomic mass is 9.93. The fourth-order valence-corrected chi connectivity index (χ4v) is 3.13. The molecule has 0 saturated carbocycles. The molecular weight excluding hydrogens is 270 g/mol. The van der Waals surface area contributed by atoms with E-state index in [4.69, 9.17) is 11.6 Å². The first-order valence-corrected chi connectivity index (χ1v) is 7.74. The van der Waals surface area contributed by atoms with Crippen LogP contribution in [-0.2, 0) is 6.42 Å². The van der Waals surface area contributed by atoms with Crippen LogP contribution < -0.4 is 5.32 Å². The van der Waals surface area contributed by atoms with E-state index in [1.54, 1.807) is 0 Å². The molecule has 1 unspecified atom stereocenters. The number of rotatable bonds is 4. The van der Waals surface area contributed by atoms with Crippen LogP contribution in [0.1, 0.15) is 43.5 Å². The summed E-state index contributed by atoms with van der Waals surface area (Å²) in [6.07, 6.45) is 6.63. The summed E-state index contributed by atoms with van der Waals surface area (Å²) in [5, 5.41) is 8.95. The third kappa shape index (κ3) is 2.48. The first kappa shape index (κ1) is 13.7. The normalized spacial score (nSPS) is 18.0. The first-order valence-electron chi connectivity index (χ1n) is 7.36. The van der Waals surface area contributed by atoms with Gasteiger partial charge in [0.15, 0.2) is 0 Å². The average molecular weight is 290 g/mol. The maximum Gasteiger partial charge on any atom is 0.0835 e. The largest absolute Gasteiger partial charge is 0.310 e. The topological polar surface area (TPSA) is 29.9 Å². The van der Waals surface area contributed by atoms with E-state index >= 15 is 0 Å². The van der Waals surface area contributed by atoms with Gasteiger partial charge in [0, 0.05) is 17.3 Å². The van der Waals surface area contributed by atoms with Crippen molar-refractivity contribution in [3.05, 3.63) is 46.7 Å². The van der Waals surface area contributed by atoms with Crippen LogP contribution >= 0.6 is 11.6 Å². The minimum atomic E-state index is 0.440. The van der Waals surface area contributed by atoms with Crippen molar-refractivity contribution in [2.45, 2.75) is 38.6 Å². The van der Waals surface area contributed by atoms with Gasteiger partial charge in [-0.15, -0.1) is 0 Å². The molecule has 1 N–H and O–H groups in total. The van der Waals surface area contributed by atoms with E-state index in [1.165, 1.54) is 24.1 Å². The van der Waals surface area contributed by atoms with Crippen LogP contribution in [0, 0.1) is 0 Å². The van der Waals surface area contributed by atoms with Gasteiger partial charge in [0.1, 0.15) is 0 Å². The van der Waals surface area contributed by atoms with Crippen LogP contribution in [0.3, 0.4) is 0 Å². The van der Waals surface area contributed by atoms with Gasteiger partial charge >= 0.3 is 0 Å². The minimum absolute atomic E-state index is 0.440. The van der Waals surface area contributed by atoms with Crippen molar-refractivity contribution >= 4 is 11.6 Å². The van der Waals surface area contributed by atoms with Gasteiger partial charge in [0.2, 0.25) is 0 Å². The molecule has 0 saturated heterocycles. The maximum atomic E-state index is 6.30. The Morgan fingerprint density at radius 1 is 1.40 bits per heavy atom. The van der Waals surface area contributed by atoms with Crippen LogP contribution in [0.2, 0.25) is 5.02 Å². The Hall–Kier alpha value is -1.32. The molecule has 3 rings (SSSR count). The van der Waals surface area contributed by atoms with E-state index < -0.39 is 0 Å². The summed E-state index contributed by atoms with van der Waals surface area (Å²) in [6.45, 7) is 3.26. The maximum absolute atomic E-state index is 6.30. The number of nitrogens with zero attached hydrogens (tertiary/aromatic N) is 2. The highest BCUT2D eigenvalue weighted by Gasteiger charge is 2.24. The number of aromatic nitrogens is 2. The molecule has 0 aliphatic heterocycles. The number of fused-ring (bicyclic) bond motifs is 1. The van der Waals surface area contributed by atoms with Crippen molar-refractivity contribution in [3.8, 4) is 5.69 Å². The fourth-order valence-electron chi connectivity index (χ4n) is 2.92. The van der Waals surface area contributed by atoms with Gasteiger partial charge in [-0.25, -0.2) is 4.68 Å². The van der Waals surface area contributed by atoms with Gasteiger partial charge in [-0.3, -0.25) is 0 Å². The highest BCUT2D eigenvalue weighted by atomic mass is 35.5. The smallest absolute Gasteiger partial charge is 0.0835 e. The highest BCUT2D eigenvalue weighted by molar-refractivity contribution is 6.32. The van der Waals surface area contributed by atoms with Crippen LogP contribution in [-0.4, -0.2) is 16.3 Å². The molecule has 106 valence electrons. The number of nitrogens with one attached hydrogen (secondary N) is 1. The third-order valence-corrected chi connectivity index (χ3v) is 4.22. The Kier molecular flexibility index (Phi) is 4.08. The van der Waals surface area contributed by atoms with Crippen molar-refractivity contribution in [3.63, 3.8) is 0 Å². The van der Waals surface area contributed by atoms with E-state index in [-0.39, 0.29) is 0 Å². The molecule has 3 nitrogen and oxygen atoms in total. The second-order valence-corrected chi connectivity index (χ2v) is 5.72. The lowest BCUT2D eigenvalue weighted by Gasteiger charge is -2.24. The number of hydrogen-bond donors (Lipinski definition) is 1. The number of para-hydroxylation sites is 1. The van der Waals surface area contributed by atoms with E-state index in [9.17, 15) is 0 Å². The molecule has 1 aliphatic rings. The van der Waals surface area contributed by atoms with Crippen molar-refractivity contribution in [2.75, 3.05) is 6.54 Å². The summed E-state index contributed by atoms with van der Waals surface area (Å²) >= 11 is 6.30. The molecule has 0 fully saturated rings. The summed E-state index contributed by atoms with van der Waals surface area (Å²) in [4.78, 5) is 0. The lowest BCUT2D eigenvalue weighted by Crippen LogP contribution is -2.25. The van der Waals surface area contributed by atoms with Gasteiger partial charge in [-0.1, -0.05) is 30.7 Å². The zero-order chi connectivity index (χ0) is 13.9. The van der Waals surface area contributed by atoms with Gasteiger partial charge < -0.3 is 5.32 Å². The number of halogens is 1. The average Bonchev–Trinajstić information content (AvgIpc) is 2.90. The zero-order valence-electron chi connectivity index (χ0n) is 11.8. The van der Waals surface area contributed by atoms with Gasteiger partial charge in [0.05, 0.1) is 16.9 Å². The van der Waals surface area contributed by atoms with Gasteiger partial charge in [-0.05, 0) is 44.4 Å². The Balaban J connectivity index is 1.96. The van der Waals surface area contributed by atoms with Crippen LogP contribution in [0.5, 0.6) is 0 Å². The van der Waals surface area contributed by atoms with Crippen molar-refractivity contribution in [1.29, 1.82) is 0 Å². The fraction of sp³-hybridized carbons (Fsp3) is 0.438. The molecule has 0 bridgehead atoms. The third-order valence-electron chi connectivity index (χ3n) is 3.90. The SMILES string of the molecule is CCCNC1CCCc2c1cnn2-c1ccccc1Cl. The Bertz CT molecular complexity index is 591. The summed E-state index contributed by atoms with van der Waals surface area (Å²) in [6, 6.07) is 8.34. The highest BCUT2D eigenvalue weighted by Crippen LogP contribution is 2.32. The van der Waals surface area contributed by atoms with Gasteiger partial charge in [-0.2, -0.15) is 5.10 Å². The molecule has 1 atom stereocenters. The van der Waals surface area contributed by atoms with E-state index in [2.05, 4.69) is 17.3 Å². The summed E-state index contributed by atoms with van der Waals surface area (Å²) in [5.74, 6) is 0. The molecule has 0 amide bonds. The number of benzene rings is 1. The Morgan fingerprint density at radius 3 is 3.05 bits per heavy atom. The summed E-state index contributed by atoms with van der Waals surface area (Å²) in [5.41, 5.74) is 3.62. The van der Waals surface area contributed by atoms with E-state index in [0.29, 0.717) is 6.04 Å². The molecule has 4 heteroatoms. The Morgan fingerprint density at radius 2 is 2.25 bits per heavy atom. The molecule has 2 aromatic rings. The second kappa shape index (κ2) is 5.98. The Labute approximate surface area is 124 Å². The first-order chi connectivity index (χ1) is 9.81. The second-order valence-electron chi connectivity index (χ2n) is 5.31.